The zero-order chi connectivity index (χ0) is 21.5. The van der Waals surface area contributed by atoms with Gasteiger partial charge in [0.05, 0.1) is 15.9 Å². The SMILES string of the molecule is CC(C)c1ccc(N(C(=O)c2ccc(S(C)(=O)=O)o2)c2nc3ccccc3s2)cc1. The number of carbonyl (C=O) groups excluding carboxylic acids is 1. The number of hydrogen-bond acceptors (Lipinski definition) is 6. The third-order valence-electron chi connectivity index (χ3n) is 4.65. The smallest absolute Gasteiger partial charge is 0.300 e. The summed E-state index contributed by atoms with van der Waals surface area (Å²) in [5.74, 6) is -0.197. The molecule has 154 valence electrons. The van der Waals surface area contributed by atoms with Crippen LogP contribution < -0.4 is 4.90 Å². The van der Waals surface area contributed by atoms with E-state index in [1.807, 2.05) is 48.5 Å². The van der Waals surface area contributed by atoms with Crippen molar-refractivity contribution in [1.29, 1.82) is 0 Å². The second-order valence-corrected chi connectivity index (χ2v) is 10.2. The minimum Gasteiger partial charge on any atom is -0.440 e. The summed E-state index contributed by atoms with van der Waals surface area (Å²) in [6.07, 6.45) is 1.04. The predicted molar refractivity (Wildman–Crippen MR) is 118 cm³/mol. The van der Waals surface area contributed by atoms with Crippen molar-refractivity contribution in [3.63, 3.8) is 0 Å². The van der Waals surface area contributed by atoms with Crippen LogP contribution in [0.25, 0.3) is 10.2 Å². The molecule has 30 heavy (non-hydrogen) atoms. The van der Waals surface area contributed by atoms with E-state index in [-0.39, 0.29) is 10.9 Å². The Kier molecular flexibility index (Phi) is 5.21. The van der Waals surface area contributed by atoms with E-state index in [0.29, 0.717) is 16.7 Å². The Morgan fingerprint density at radius 2 is 1.73 bits per heavy atom. The summed E-state index contributed by atoms with van der Waals surface area (Å²) in [6, 6.07) is 18.0. The molecule has 0 aliphatic heterocycles. The van der Waals surface area contributed by atoms with Gasteiger partial charge in [0.1, 0.15) is 0 Å². The maximum Gasteiger partial charge on any atom is 0.300 e. The molecule has 0 saturated heterocycles. The first kappa shape index (κ1) is 20.3. The lowest BCUT2D eigenvalue weighted by molar-refractivity contribution is 0.0968. The number of hydrogen-bond donors (Lipinski definition) is 0. The molecule has 6 nitrogen and oxygen atoms in total. The number of aromatic nitrogens is 1. The topological polar surface area (TPSA) is 80.5 Å². The number of sulfone groups is 1. The van der Waals surface area contributed by atoms with Crippen LogP contribution in [0, 0.1) is 0 Å². The first-order valence-corrected chi connectivity index (χ1v) is 12.0. The fourth-order valence-corrected chi connectivity index (χ4v) is 4.56. The van der Waals surface area contributed by atoms with E-state index in [1.165, 1.54) is 28.4 Å². The number of anilines is 2. The molecule has 0 N–H and O–H groups in total. The van der Waals surface area contributed by atoms with E-state index in [0.717, 1.165) is 22.0 Å². The molecule has 0 spiro atoms. The summed E-state index contributed by atoms with van der Waals surface area (Å²) in [4.78, 5) is 19.5. The van der Waals surface area contributed by atoms with Crippen molar-refractivity contribution < 1.29 is 17.6 Å². The molecule has 0 fully saturated rings. The second-order valence-electron chi connectivity index (χ2n) is 7.24. The van der Waals surface area contributed by atoms with E-state index >= 15 is 0 Å². The monoisotopic (exact) mass is 440 g/mol. The first-order valence-electron chi connectivity index (χ1n) is 9.34. The lowest BCUT2D eigenvalue weighted by Gasteiger charge is -2.19. The molecule has 0 unspecified atom stereocenters. The number of amides is 1. The molecule has 0 radical (unpaired) electrons. The standard InChI is InChI=1S/C22H20N2O4S2/c1-14(2)15-8-10-16(11-9-15)24(22-23-17-6-4-5-7-19(17)29-22)21(25)18-12-13-20(28-18)30(3,26)27/h4-14H,1-3H3. The van der Waals surface area contributed by atoms with E-state index in [9.17, 15) is 13.2 Å². The molecule has 2 aromatic carbocycles. The fourth-order valence-electron chi connectivity index (χ4n) is 3.02. The highest BCUT2D eigenvalue weighted by Crippen LogP contribution is 2.35. The molecule has 0 atom stereocenters. The molecular formula is C22H20N2O4S2. The summed E-state index contributed by atoms with van der Waals surface area (Å²) in [6.45, 7) is 4.20. The van der Waals surface area contributed by atoms with Crippen LogP contribution in [0.15, 0.2) is 70.2 Å². The molecule has 0 saturated carbocycles. The van der Waals surface area contributed by atoms with Crippen molar-refractivity contribution in [3.8, 4) is 0 Å². The quantitative estimate of drug-likeness (QED) is 0.415. The maximum atomic E-state index is 13.4. The summed E-state index contributed by atoms with van der Waals surface area (Å²) >= 11 is 1.38. The van der Waals surface area contributed by atoms with Gasteiger partial charge in [-0.05, 0) is 47.9 Å². The number of carbonyl (C=O) groups is 1. The minimum atomic E-state index is -3.56. The van der Waals surface area contributed by atoms with Crippen molar-refractivity contribution in [2.75, 3.05) is 11.2 Å². The maximum absolute atomic E-state index is 13.4. The zero-order valence-corrected chi connectivity index (χ0v) is 18.3. The van der Waals surface area contributed by atoms with Crippen molar-refractivity contribution in [3.05, 3.63) is 72.0 Å². The van der Waals surface area contributed by atoms with Crippen LogP contribution in [0.1, 0.15) is 35.9 Å². The Hall–Kier alpha value is -2.97. The number of para-hydroxylation sites is 1. The van der Waals surface area contributed by atoms with Crippen molar-refractivity contribution in [2.24, 2.45) is 0 Å². The van der Waals surface area contributed by atoms with E-state index < -0.39 is 15.7 Å². The van der Waals surface area contributed by atoms with Crippen LogP contribution in [0.3, 0.4) is 0 Å². The Morgan fingerprint density at radius 3 is 2.33 bits per heavy atom. The van der Waals surface area contributed by atoms with Gasteiger partial charge in [0.2, 0.25) is 14.9 Å². The van der Waals surface area contributed by atoms with Gasteiger partial charge in [-0.1, -0.05) is 49.4 Å². The number of nitrogens with zero attached hydrogens (tertiary/aromatic N) is 2. The largest absolute Gasteiger partial charge is 0.440 e. The molecule has 2 heterocycles. The molecule has 0 aliphatic rings. The van der Waals surface area contributed by atoms with Gasteiger partial charge in [0.15, 0.2) is 10.9 Å². The van der Waals surface area contributed by atoms with Crippen molar-refractivity contribution >= 4 is 48.1 Å². The number of furan rings is 1. The summed E-state index contributed by atoms with van der Waals surface area (Å²) in [7, 11) is -3.56. The number of benzene rings is 2. The van der Waals surface area contributed by atoms with Crippen LogP contribution in [0.2, 0.25) is 0 Å². The van der Waals surface area contributed by atoms with Crippen LogP contribution >= 0.6 is 11.3 Å². The van der Waals surface area contributed by atoms with Crippen molar-refractivity contribution in [1.82, 2.24) is 4.98 Å². The van der Waals surface area contributed by atoms with Crippen LogP contribution in [0.5, 0.6) is 0 Å². The fraction of sp³-hybridized carbons (Fsp3) is 0.182. The molecule has 4 rings (SSSR count). The predicted octanol–water partition coefficient (Wildman–Crippen LogP) is 5.39. The van der Waals surface area contributed by atoms with Crippen LogP contribution in [-0.4, -0.2) is 25.6 Å². The van der Waals surface area contributed by atoms with Crippen LogP contribution in [0.4, 0.5) is 10.8 Å². The zero-order valence-electron chi connectivity index (χ0n) is 16.7. The molecule has 8 heteroatoms. The van der Waals surface area contributed by atoms with E-state index in [4.69, 9.17) is 4.42 Å². The molecule has 0 bridgehead atoms. The lowest BCUT2D eigenvalue weighted by Crippen LogP contribution is -2.25. The highest BCUT2D eigenvalue weighted by Gasteiger charge is 2.27. The Morgan fingerprint density at radius 1 is 1.03 bits per heavy atom. The van der Waals surface area contributed by atoms with Gasteiger partial charge in [0.25, 0.3) is 5.91 Å². The average molecular weight is 441 g/mol. The lowest BCUT2D eigenvalue weighted by atomic mass is 10.0. The molecule has 4 aromatic rings. The van der Waals surface area contributed by atoms with Gasteiger partial charge >= 0.3 is 0 Å². The number of rotatable bonds is 5. The highest BCUT2D eigenvalue weighted by atomic mass is 32.2. The minimum absolute atomic E-state index is 0.0670. The second kappa shape index (κ2) is 7.70. The molecule has 0 aliphatic carbocycles. The van der Waals surface area contributed by atoms with E-state index in [2.05, 4.69) is 18.8 Å². The third-order valence-corrected chi connectivity index (χ3v) is 6.62. The van der Waals surface area contributed by atoms with E-state index in [1.54, 1.807) is 0 Å². The van der Waals surface area contributed by atoms with Gasteiger partial charge in [0, 0.05) is 6.26 Å². The summed E-state index contributed by atoms with van der Waals surface area (Å²) in [5, 5.41) is 0.237. The highest BCUT2D eigenvalue weighted by molar-refractivity contribution is 7.90. The Bertz CT molecular complexity index is 1290. The van der Waals surface area contributed by atoms with Gasteiger partial charge in [-0.3, -0.25) is 4.79 Å². The number of fused-ring (bicyclic) bond motifs is 1. The Labute approximate surface area is 178 Å². The van der Waals surface area contributed by atoms with Gasteiger partial charge in [-0.2, -0.15) is 0 Å². The summed E-state index contributed by atoms with van der Waals surface area (Å²) < 4.78 is 29.8. The molecule has 1 amide bonds. The molecule has 2 aromatic heterocycles. The van der Waals surface area contributed by atoms with Gasteiger partial charge in [-0.15, -0.1) is 0 Å². The normalized spacial score (nSPS) is 11.9. The van der Waals surface area contributed by atoms with Crippen LogP contribution in [-0.2, 0) is 9.84 Å². The Balaban J connectivity index is 1.82. The summed E-state index contributed by atoms with van der Waals surface area (Å²) in [5.41, 5.74) is 2.55. The van der Waals surface area contributed by atoms with Gasteiger partial charge in [-0.25, -0.2) is 18.3 Å². The molecular weight excluding hydrogens is 420 g/mol. The average Bonchev–Trinajstić information content (AvgIpc) is 3.35. The van der Waals surface area contributed by atoms with Crippen molar-refractivity contribution in [2.45, 2.75) is 24.9 Å². The number of thiazole rings is 1. The third kappa shape index (κ3) is 3.88. The van der Waals surface area contributed by atoms with Gasteiger partial charge < -0.3 is 4.42 Å². The first-order chi connectivity index (χ1) is 14.2.